The highest BCUT2D eigenvalue weighted by atomic mass is 32.2. The van der Waals surface area contributed by atoms with Gasteiger partial charge in [0.1, 0.15) is 17.2 Å². The number of alkyl halides is 3. The van der Waals surface area contributed by atoms with Gasteiger partial charge < -0.3 is 20.3 Å². The van der Waals surface area contributed by atoms with Crippen LogP contribution < -0.4 is 15.5 Å². The molecule has 1 aliphatic carbocycles. The zero-order valence-electron chi connectivity index (χ0n) is 25.5. The van der Waals surface area contributed by atoms with Gasteiger partial charge in [0.25, 0.3) is 0 Å². The fourth-order valence-electron chi connectivity index (χ4n) is 5.73. The number of halogens is 3. The molecule has 45 heavy (non-hydrogen) atoms. The van der Waals surface area contributed by atoms with Crippen molar-refractivity contribution in [2.24, 2.45) is 0 Å². The number of nitrogens with one attached hydrogen (secondary N) is 2. The molecular formula is C32H38F3N5O4S. The quantitative estimate of drug-likeness (QED) is 0.301. The summed E-state index contributed by atoms with van der Waals surface area (Å²) in [7, 11) is -3.56. The number of anilines is 2. The van der Waals surface area contributed by atoms with Crippen molar-refractivity contribution in [3.8, 4) is 11.1 Å². The number of nitrogens with zero attached hydrogens (tertiary/aromatic N) is 3. The van der Waals surface area contributed by atoms with Crippen molar-refractivity contribution < 1.29 is 31.1 Å². The number of benzene rings is 1. The van der Waals surface area contributed by atoms with Crippen LogP contribution in [-0.2, 0) is 20.8 Å². The number of aromatic nitrogens is 2. The standard InChI is InChI=1S/C32H38F3N5O4S/c1-31(2,3)44-30(41)39-25-15-17-40(20-25)29-18-22(14-16-36-29)21-4-9-26(10-5-21)45(42,43)27-11-7-24(8-12-27)38-28-13-6-23(19-37-28)32(33,34)35/h4-6,9-10,13-14,16,18-19,24-25,27H,7-8,11-12,15,17,20H2,1-3H3,(H,37,38)(H,39,41). The second kappa shape index (κ2) is 12.9. The second-order valence-electron chi connectivity index (χ2n) is 12.6. The Labute approximate surface area is 261 Å². The van der Waals surface area contributed by atoms with Crippen LogP contribution in [0.4, 0.5) is 29.6 Å². The Hall–Kier alpha value is -3.87. The van der Waals surface area contributed by atoms with Gasteiger partial charge >= 0.3 is 12.3 Å². The molecule has 13 heteroatoms. The number of hydrogen-bond donors (Lipinski definition) is 2. The van der Waals surface area contributed by atoms with Gasteiger partial charge in [-0.1, -0.05) is 12.1 Å². The van der Waals surface area contributed by atoms with E-state index >= 15 is 0 Å². The van der Waals surface area contributed by atoms with Crippen LogP contribution in [0.3, 0.4) is 0 Å². The summed E-state index contributed by atoms with van der Waals surface area (Å²) >= 11 is 0. The first-order chi connectivity index (χ1) is 21.2. The molecule has 5 rings (SSSR count). The number of rotatable bonds is 7. The van der Waals surface area contributed by atoms with Gasteiger partial charge in [0.05, 0.1) is 21.8 Å². The van der Waals surface area contributed by atoms with E-state index in [0.29, 0.717) is 38.0 Å². The van der Waals surface area contributed by atoms with Crippen molar-refractivity contribution >= 4 is 27.6 Å². The number of carbonyl (C=O) groups is 1. The molecule has 0 radical (unpaired) electrons. The number of pyridine rings is 2. The molecule has 3 heterocycles. The van der Waals surface area contributed by atoms with Crippen molar-refractivity contribution in [1.82, 2.24) is 15.3 Å². The minimum atomic E-state index is -4.45. The topological polar surface area (TPSA) is 114 Å². The maximum atomic E-state index is 13.4. The molecule has 2 fully saturated rings. The fraction of sp³-hybridized carbons (Fsp3) is 0.469. The van der Waals surface area contributed by atoms with Gasteiger partial charge in [-0.2, -0.15) is 13.2 Å². The predicted octanol–water partition coefficient (Wildman–Crippen LogP) is 6.46. The average molecular weight is 646 g/mol. The molecule has 2 aliphatic rings. The van der Waals surface area contributed by atoms with Crippen molar-refractivity contribution in [2.45, 2.75) is 86.9 Å². The zero-order chi connectivity index (χ0) is 32.4. The first-order valence-corrected chi connectivity index (χ1v) is 16.6. The van der Waals surface area contributed by atoms with Crippen molar-refractivity contribution in [1.29, 1.82) is 0 Å². The van der Waals surface area contributed by atoms with E-state index in [1.54, 1.807) is 30.5 Å². The summed E-state index contributed by atoms with van der Waals surface area (Å²) in [6.45, 7) is 6.80. The number of hydrogen-bond acceptors (Lipinski definition) is 8. The van der Waals surface area contributed by atoms with E-state index in [1.807, 2.05) is 32.9 Å². The maximum absolute atomic E-state index is 13.4. The molecule has 1 saturated heterocycles. The first-order valence-electron chi connectivity index (χ1n) is 15.0. The molecule has 9 nitrogen and oxygen atoms in total. The molecule has 2 aromatic heterocycles. The Kier molecular flexibility index (Phi) is 9.29. The van der Waals surface area contributed by atoms with E-state index in [4.69, 9.17) is 4.74 Å². The summed E-state index contributed by atoms with van der Waals surface area (Å²) in [5.41, 5.74) is 0.379. The molecule has 1 aliphatic heterocycles. The van der Waals surface area contributed by atoms with Gasteiger partial charge in [-0.05, 0) is 100 Å². The molecule has 1 amide bonds. The Bertz CT molecular complexity index is 1580. The smallest absolute Gasteiger partial charge is 0.417 e. The normalized spacial score (nSPS) is 20.9. The molecule has 3 aromatic rings. The number of sulfone groups is 1. The van der Waals surface area contributed by atoms with Crippen molar-refractivity contribution in [3.63, 3.8) is 0 Å². The van der Waals surface area contributed by atoms with E-state index in [-0.39, 0.29) is 17.0 Å². The van der Waals surface area contributed by atoms with Gasteiger partial charge in [-0.25, -0.2) is 23.2 Å². The minimum absolute atomic E-state index is 0.0536. The highest BCUT2D eigenvalue weighted by Crippen LogP contribution is 2.33. The predicted molar refractivity (Wildman–Crippen MR) is 166 cm³/mol. The van der Waals surface area contributed by atoms with E-state index in [1.165, 1.54) is 6.07 Å². The molecule has 1 aromatic carbocycles. The second-order valence-corrected chi connectivity index (χ2v) is 14.8. The lowest BCUT2D eigenvalue weighted by molar-refractivity contribution is -0.137. The number of carbonyl (C=O) groups excluding carboxylic acids is 1. The average Bonchev–Trinajstić information content (AvgIpc) is 3.45. The largest absolute Gasteiger partial charge is 0.444 e. The van der Waals surface area contributed by atoms with E-state index in [9.17, 15) is 26.4 Å². The summed E-state index contributed by atoms with van der Waals surface area (Å²) in [5.74, 6) is 1.11. The van der Waals surface area contributed by atoms with Gasteiger partial charge in [-0.15, -0.1) is 0 Å². The number of ether oxygens (including phenoxy) is 1. The molecule has 2 N–H and O–H groups in total. The third-order valence-electron chi connectivity index (χ3n) is 8.05. The number of alkyl carbamates (subject to hydrolysis) is 1. The van der Waals surface area contributed by atoms with Gasteiger partial charge in [0.15, 0.2) is 9.84 Å². The zero-order valence-corrected chi connectivity index (χ0v) is 26.3. The Morgan fingerprint density at radius 2 is 1.62 bits per heavy atom. The van der Waals surface area contributed by atoms with Crippen LogP contribution in [0.25, 0.3) is 11.1 Å². The van der Waals surface area contributed by atoms with Crippen LogP contribution in [0.15, 0.2) is 65.8 Å². The summed E-state index contributed by atoms with van der Waals surface area (Å²) in [5, 5.41) is 5.52. The summed E-state index contributed by atoms with van der Waals surface area (Å²) in [6.07, 6.45) is 0.404. The van der Waals surface area contributed by atoms with E-state index < -0.39 is 38.5 Å². The number of amides is 1. The molecule has 1 saturated carbocycles. The fourth-order valence-corrected chi connectivity index (χ4v) is 7.53. The third kappa shape index (κ3) is 8.24. The first kappa shape index (κ1) is 32.5. The van der Waals surface area contributed by atoms with Crippen LogP contribution in [0.5, 0.6) is 0 Å². The van der Waals surface area contributed by atoms with Gasteiger partial charge in [0, 0.05) is 31.5 Å². The minimum Gasteiger partial charge on any atom is -0.444 e. The Balaban J connectivity index is 1.16. The highest BCUT2D eigenvalue weighted by molar-refractivity contribution is 7.92. The summed E-state index contributed by atoms with van der Waals surface area (Å²) in [4.78, 5) is 22.9. The Morgan fingerprint density at radius 1 is 0.911 bits per heavy atom. The summed E-state index contributed by atoms with van der Waals surface area (Å²) in [6, 6.07) is 12.9. The lowest BCUT2D eigenvalue weighted by atomic mass is 9.95. The lowest BCUT2D eigenvalue weighted by Crippen LogP contribution is -2.40. The van der Waals surface area contributed by atoms with Crippen LogP contribution in [0.1, 0.15) is 58.4 Å². The van der Waals surface area contributed by atoms with Crippen LogP contribution in [0, 0.1) is 0 Å². The SMILES string of the molecule is CC(C)(C)OC(=O)NC1CCN(c2cc(-c3ccc(S(=O)(=O)C4CCC(Nc5ccc(C(F)(F)F)cn5)CC4)cc3)ccn2)C1. The van der Waals surface area contributed by atoms with E-state index in [0.717, 1.165) is 42.2 Å². The molecule has 1 atom stereocenters. The highest BCUT2D eigenvalue weighted by Gasteiger charge is 2.33. The van der Waals surface area contributed by atoms with Gasteiger partial charge in [-0.3, -0.25) is 0 Å². The van der Waals surface area contributed by atoms with Crippen molar-refractivity contribution in [3.05, 3.63) is 66.5 Å². The van der Waals surface area contributed by atoms with E-state index in [2.05, 4.69) is 25.5 Å². The maximum Gasteiger partial charge on any atom is 0.417 e. The molecule has 242 valence electrons. The molecular weight excluding hydrogens is 607 g/mol. The summed E-state index contributed by atoms with van der Waals surface area (Å²) < 4.78 is 70.7. The van der Waals surface area contributed by atoms with Crippen LogP contribution in [0.2, 0.25) is 0 Å². The third-order valence-corrected chi connectivity index (χ3v) is 10.3. The lowest BCUT2D eigenvalue weighted by Gasteiger charge is -2.29. The van der Waals surface area contributed by atoms with Gasteiger partial charge in [0.2, 0.25) is 0 Å². The van der Waals surface area contributed by atoms with Crippen LogP contribution >= 0.6 is 0 Å². The molecule has 1 unspecified atom stereocenters. The monoisotopic (exact) mass is 645 g/mol. The van der Waals surface area contributed by atoms with Crippen LogP contribution in [-0.4, -0.2) is 60.5 Å². The molecule has 0 spiro atoms. The van der Waals surface area contributed by atoms with Crippen molar-refractivity contribution in [2.75, 3.05) is 23.3 Å². The Morgan fingerprint density at radius 3 is 2.24 bits per heavy atom. The molecule has 0 bridgehead atoms.